The molecule has 0 bridgehead atoms. The highest BCUT2D eigenvalue weighted by Gasteiger charge is 2.33. The average Bonchev–Trinajstić information content (AvgIpc) is 2.68. The predicted molar refractivity (Wildman–Crippen MR) is 68.4 cm³/mol. The number of carbonyl (C=O) groups is 1. The molecular weight excluding hydrogens is 258 g/mol. The molecule has 1 atom stereocenters. The summed E-state index contributed by atoms with van der Waals surface area (Å²) in [6.45, 7) is 4.40. The third kappa shape index (κ3) is 2.96. The highest BCUT2D eigenvalue weighted by molar-refractivity contribution is 7.17. The number of hydrogen-bond acceptors (Lipinski definition) is 4. The summed E-state index contributed by atoms with van der Waals surface area (Å²) in [4.78, 5) is 12.0. The Kier molecular flexibility index (Phi) is 3.68. The van der Waals surface area contributed by atoms with Gasteiger partial charge < -0.3 is 5.32 Å². The van der Waals surface area contributed by atoms with Crippen molar-refractivity contribution in [1.29, 1.82) is 0 Å². The number of nitrogens with zero attached hydrogens (tertiary/aromatic N) is 2. The van der Waals surface area contributed by atoms with E-state index in [-0.39, 0.29) is 17.4 Å². The highest BCUT2D eigenvalue weighted by Crippen LogP contribution is 2.35. The van der Waals surface area contributed by atoms with Gasteiger partial charge in [0.2, 0.25) is 9.47 Å². The largest absolute Gasteiger partial charge is 0.347 e. The first-order valence-corrected chi connectivity index (χ1v) is 6.98. The second-order valence-corrected chi connectivity index (χ2v) is 6.68. The lowest BCUT2D eigenvalue weighted by molar-refractivity contribution is 0.0852. The molecule has 1 aliphatic carbocycles. The van der Waals surface area contributed by atoms with E-state index in [1.165, 1.54) is 12.8 Å². The van der Waals surface area contributed by atoms with Gasteiger partial charge in [0.1, 0.15) is 0 Å². The SMILES string of the molecule is CC1(C)CCCCC1NC(=O)c1nnc(Cl)s1. The Morgan fingerprint density at radius 1 is 1.47 bits per heavy atom. The van der Waals surface area contributed by atoms with Crippen LogP contribution in [0.1, 0.15) is 49.3 Å². The number of aromatic nitrogens is 2. The van der Waals surface area contributed by atoms with Crippen LogP contribution in [0, 0.1) is 5.41 Å². The quantitative estimate of drug-likeness (QED) is 0.901. The Bertz CT molecular complexity index is 419. The Balaban J connectivity index is 2.03. The molecule has 1 unspecified atom stereocenters. The molecule has 1 fully saturated rings. The van der Waals surface area contributed by atoms with Crippen molar-refractivity contribution < 1.29 is 4.79 Å². The lowest BCUT2D eigenvalue weighted by Crippen LogP contribution is -2.46. The topological polar surface area (TPSA) is 54.9 Å². The molecule has 0 aromatic carbocycles. The van der Waals surface area contributed by atoms with E-state index in [1.54, 1.807) is 0 Å². The van der Waals surface area contributed by atoms with Gasteiger partial charge in [-0.1, -0.05) is 38.0 Å². The minimum absolute atomic E-state index is 0.155. The molecule has 1 heterocycles. The Labute approximate surface area is 110 Å². The molecule has 0 radical (unpaired) electrons. The predicted octanol–water partition coefficient (Wildman–Crippen LogP) is 2.89. The maximum absolute atomic E-state index is 12.0. The molecule has 1 saturated carbocycles. The third-order valence-electron chi connectivity index (χ3n) is 3.41. The zero-order valence-corrected chi connectivity index (χ0v) is 11.6. The van der Waals surface area contributed by atoms with Gasteiger partial charge in [0.05, 0.1) is 0 Å². The molecule has 0 spiro atoms. The van der Waals surface area contributed by atoms with E-state index in [9.17, 15) is 4.79 Å². The van der Waals surface area contributed by atoms with E-state index in [2.05, 4.69) is 29.4 Å². The first kappa shape index (κ1) is 12.8. The summed E-state index contributed by atoms with van der Waals surface area (Å²) in [7, 11) is 0. The van der Waals surface area contributed by atoms with Crippen LogP contribution in [0.4, 0.5) is 0 Å². The van der Waals surface area contributed by atoms with Crippen LogP contribution in [0.2, 0.25) is 4.47 Å². The van der Waals surface area contributed by atoms with Gasteiger partial charge in [0, 0.05) is 6.04 Å². The highest BCUT2D eigenvalue weighted by atomic mass is 35.5. The minimum atomic E-state index is -0.158. The van der Waals surface area contributed by atoms with Gasteiger partial charge in [-0.2, -0.15) is 0 Å². The van der Waals surface area contributed by atoms with E-state index in [1.807, 2.05) is 0 Å². The molecule has 2 rings (SSSR count). The number of carbonyl (C=O) groups excluding carboxylic acids is 1. The molecule has 0 saturated heterocycles. The fourth-order valence-electron chi connectivity index (χ4n) is 2.28. The second kappa shape index (κ2) is 4.90. The summed E-state index contributed by atoms with van der Waals surface area (Å²) in [6, 6.07) is 0.214. The van der Waals surface area contributed by atoms with Crippen molar-refractivity contribution in [3.8, 4) is 0 Å². The normalized spacial score (nSPS) is 23.4. The Morgan fingerprint density at radius 3 is 2.82 bits per heavy atom. The number of hydrogen-bond donors (Lipinski definition) is 1. The van der Waals surface area contributed by atoms with Crippen LogP contribution in [0.3, 0.4) is 0 Å². The van der Waals surface area contributed by atoms with Gasteiger partial charge >= 0.3 is 0 Å². The molecule has 0 aliphatic heterocycles. The van der Waals surface area contributed by atoms with Crippen molar-refractivity contribution in [2.24, 2.45) is 5.41 Å². The smallest absolute Gasteiger partial charge is 0.282 e. The van der Waals surface area contributed by atoms with Gasteiger partial charge in [-0.3, -0.25) is 4.79 Å². The standard InChI is InChI=1S/C11H16ClN3OS/c1-11(2)6-4-3-5-7(11)13-8(16)9-14-15-10(12)17-9/h7H,3-6H2,1-2H3,(H,13,16). The van der Waals surface area contributed by atoms with Crippen LogP contribution >= 0.6 is 22.9 Å². The zero-order chi connectivity index (χ0) is 12.5. The summed E-state index contributed by atoms with van der Waals surface area (Å²) in [5.74, 6) is -0.158. The van der Waals surface area contributed by atoms with E-state index < -0.39 is 0 Å². The molecule has 94 valence electrons. The average molecular weight is 274 g/mol. The summed E-state index contributed by atoms with van der Waals surface area (Å²) < 4.78 is 0.304. The zero-order valence-electron chi connectivity index (χ0n) is 9.99. The second-order valence-electron chi connectivity index (χ2n) is 5.12. The van der Waals surface area contributed by atoms with Crippen LogP contribution < -0.4 is 5.32 Å². The number of rotatable bonds is 2. The minimum Gasteiger partial charge on any atom is -0.347 e. The number of halogens is 1. The summed E-state index contributed by atoms with van der Waals surface area (Å²) in [5, 5.41) is 10.8. The maximum atomic E-state index is 12.0. The van der Waals surface area contributed by atoms with Crippen LogP contribution in [0.25, 0.3) is 0 Å². The Morgan fingerprint density at radius 2 is 2.24 bits per heavy atom. The van der Waals surface area contributed by atoms with Crippen molar-refractivity contribution in [3.63, 3.8) is 0 Å². The van der Waals surface area contributed by atoms with Crippen molar-refractivity contribution in [1.82, 2.24) is 15.5 Å². The van der Waals surface area contributed by atoms with Crippen LogP contribution in [-0.2, 0) is 0 Å². The van der Waals surface area contributed by atoms with Crippen LogP contribution in [-0.4, -0.2) is 22.1 Å². The molecular formula is C11H16ClN3OS. The molecule has 1 amide bonds. The molecule has 1 aliphatic rings. The monoisotopic (exact) mass is 273 g/mol. The van der Waals surface area contributed by atoms with Gasteiger partial charge in [-0.15, -0.1) is 10.2 Å². The van der Waals surface area contributed by atoms with Crippen molar-refractivity contribution >= 4 is 28.8 Å². The van der Waals surface area contributed by atoms with Gasteiger partial charge in [0.15, 0.2) is 0 Å². The Hall–Kier alpha value is -0.680. The molecule has 1 aromatic rings. The maximum Gasteiger partial charge on any atom is 0.282 e. The lowest BCUT2D eigenvalue weighted by atomic mass is 9.73. The fourth-order valence-corrected chi connectivity index (χ4v) is 3.01. The molecule has 1 aromatic heterocycles. The first-order chi connectivity index (χ1) is 7.99. The van der Waals surface area contributed by atoms with Gasteiger partial charge in [0.25, 0.3) is 5.91 Å². The lowest BCUT2D eigenvalue weighted by Gasteiger charge is -2.38. The van der Waals surface area contributed by atoms with E-state index in [0.717, 1.165) is 24.2 Å². The first-order valence-electron chi connectivity index (χ1n) is 5.79. The van der Waals surface area contributed by atoms with E-state index in [4.69, 9.17) is 11.6 Å². The fraction of sp³-hybridized carbons (Fsp3) is 0.727. The third-order valence-corrected chi connectivity index (χ3v) is 4.42. The molecule has 6 heteroatoms. The van der Waals surface area contributed by atoms with E-state index >= 15 is 0 Å². The number of amides is 1. The van der Waals surface area contributed by atoms with Crippen LogP contribution in [0.5, 0.6) is 0 Å². The van der Waals surface area contributed by atoms with Gasteiger partial charge in [-0.05, 0) is 29.9 Å². The van der Waals surface area contributed by atoms with Crippen molar-refractivity contribution in [2.75, 3.05) is 0 Å². The summed E-state index contributed by atoms with van der Waals surface area (Å²) >= 11 is 6.78. The summed E-state index contributed by atoms with van der Waals surface area (Å²) in [6.07, 6.45) is 4.59. The van der Waals surface area contributed by atoms with Gasteiger partial charge in [-0.25, -0.2) is 0 Å². The molecule has 1 N–H and O–H groups in total. The van der Waals surface area contributed by atoms with Crippen molar-refractivity contribution in [3.05, 3.63) is 9.47 Å². The molecule has 17 heavy (non-hydrogen) atoms. The molecule has 4 nitrogen and oxygen atoms in total. The summed E-state index contributed by atoms with van der Waals surface area (Å²) in [5.41, 5.74) is 0.155. The number of nitrogens with one attached hydrogen (secondary N) is 1. The van der Waals surface area contributed by atoms with Crippen molar-refractivity contribution in [2.45, 2.75) is 45.6 Å². The van der Waals surface area contributed by atoms with Crippen LogP contribution in [0.15, 0.2) is 0 Å². The van der Waals surface area contributed by atoms with E-state index in [0.29, 0.717) is 9.47 Å².